The Hall–Kier alpha value is -1.75. The molecular formula is C12H11NO. The summed E-state index contributed by atoms with van der Waals surface area (Å²) in [7, 11) is 0. The number of nitrogens with zero attached hydrogens (tertiary/aromatic N) is 1. The minimum atomic E-state index is 0.295. The second-order valence-electron chi connectivity index (χ2n) is 3.66. The van der Waals surface area contributed by atoms with Gasteiger partial charge in [-0.15, -0.1) is 0 Å². The highest BCUT2D eigenvalue weighted by Crippen LogP contribution is 2.33. The van der Waals surface area contributed by atoms with Gasteiger partial charge in [0.1, 0.15) is 0 Å². The van der Waals surface area contributed by atoms with Crippen LogP contribution in [0, 0.1) is 11.3 Å². The number of hydrogen-bond acceptors (Lipinski definition) is 2. The molecule has 1 aromatic carbocycles. The van der Waals surface area contributed by atoms with E-state index in [-0.39, 0.29) is 0 Å². The molecule has 0 fully saturated rings. The van der Waals surface area contributed by atoms with Gasteiger partial charge in [-0.25, -0.2) is 0 Å². The van der Waals surface area contributed by atoms with Crippen molar-refractivity contribution in [1.82, 2.24) is 0 Å². The van der Waals surface area contributed by atoms with Gasteiger partial charge in [0, 0.05) is 6.42 Å². The summed E-state index contributed by atoms with van der Waals surface area (Å²) in [5, 5.41) is 18.4. The molecule has 0 bridgehead atoms. The maximum atomic E-state index is 9.50. The van der Waals surface area contributed by atoms with Crippen LogP contribution in [0.2, 0.25) is 0 Å². The van der Waals surface area contributed by atoms with Crippen molar-refractivity contribution in [3.8, 4) is 6.07 Å². The number of allylic oxidation sites excluding steroid dienone is 1. The standard InChI is InChI=1S/C12H11NO/c1-8-5-10(14)6-12-9(7-13)3-2-4-11(8)12/h2-4,6,8,14H,5H2,1H3/t8-/m1/s1. The molecule has 0 amide bonds. The number of fused-ring (bicyclic) bond motifs is 1. The van der Waals surface area contributed by atoms with E-state index in [9.17, 15) is 5.11 Å². The van der Waals surface area contributed by atoms with Crippen LogP contribution in [0.15, 0.2) is 24.0 Å². The Morgan fingerprint density at radius 2 is 2.29 bits per heavy atom. The Labute approximate surface area is 83.1 Å². The van der Waals surface area contributed by atoms with Crippen molar-refractivity contribution in [3.05, 3.63) is 40.6 Å². The van der Waals surface area contributed by atoms with E-state index in [2.05, 4.69) is 13.0 Å². The van der Waals surface area contributed by atoms with Gasteiger partial charge in [-0.2, -0.15) is 5.26 Å². The monoisotopic (exact) mass is 185 g/mol. The molecule has 70 valence electrons. The quantitative estimate of drug-likeness (QED) is 0.675. The number of nitriles is 1. The molecule has 0 saturated carbocycles. The highest BCUT2D eigenvalue weighted by atomic mass is 16.3. The van der Waals surface area contributed by atoms with Crippen LogP contribution >= 0.6 is 0 Å². The van der Waals surface area contributed by atoms with Crippen molar-refractivity contribution in [2.24, 2.45) is 0 Å². The first-order chi connectivity index (χ1) is 6.72. The van der Waals surface area contributed by atoms with Gasteiger partial charge in [0.05, 0.1) is 17.4 Å². The van der Waals surface area contributed by atoms with E-state index in [1.807, 2.05) is 12.1 Å². The van der Waals surface area contributed by atoms with E-state index >= 15 is 0 Å². The molecular weight excluding hydrogens is 174 g/mol. The predicted molar refractivity (Wildman–Crippen MR) is 54.8 cm³/mol. The van der Waals surface area contributed by atoms with Crippen LogP contribution in [0.25, 0.3) is 6.08 Å². The largest absolute Gasteiger partial charge is 0.512 e. The minimum Gasteiger partial charge on any atom is -0.512 e. The van der Waals surface area contributed by atoms with E-state index in [0.29, 0.717) is 23.7 Å². The zero-order valence-electron chi connectivity index (χ0n) is 7.99. The molecule has 0 aliphatic heterocycles. The maximum absolute atomic E-state index is 9.50. The van der Waals surface area contributed by atoms with E-state index in [0.717, 1.165) is 11.1 Å². The van der Waals surface area contributed by atoms with Gasteiger partial charge in [0.25, 0.3) is 0 Å². The zero-order chi connectivity index (χ0) is 10.1. The summed E-state index contributed by atoms with van der Waals surface area (Å²) in [5.74, 6) is 0.663. The Morgan fingerprint density at radius 1 is 1.50 bits per heavy atom. The highest BCUT2D eigenvalue weighted by Gasteiger charge is 2.18. The Balaban J connectivity index is 2.67. The molecule has 2 heteroatoms. The molecule has 0 heterocycles. The zero-order valence-corrected chi connectivity index (χ0v) is 7.99. The number of aliphatic hydroxyl groups is 1. The first-order valence-corrected chi connectivity index (χ1v) is 4.65. The number of aliphatic hydroxyl groups excluding tert-OH is 1. The van der Waals surface area contributed by atoms with Crippen LogP contribution in [0.3, 0.4) is 0 Å². The smallest absolute Gasteiger partial charge is 0.0998 e. The number of benzene rings is 1. The molecule has 2 nitrogen and oxygen atoms in total. The molecule has 1 atom stereocenters. The van der Waals surface area contributed by atoms with Crippen molar-refractivity contribution in [1.29, 1.82) is 5.26 Å². The lowest BCUT2D eigenvalue weighted by Crippen LogP contribution is -2.05. The molecule has 1 aliphatic carbocycles. The lowest BCUT2D eigenvalue weighted by molar-refractivity contribution is 0.379. The normalized spacial score (nSPS) is 19.4. The van der Waals surface area contributed by atoms with Crippen LogP contribution in [0.5, 0.6) is 0 Å². The average Bonchev–Trinajstić information content (AvgIpc) is 2.17. The Kier molecular flexibility index (Phi) is 2.01. The molecule has 14 heavy (non-hydrogen) atoms. The summed E-state index contributed by atoms with van der Waals surface area (Å²) in [4.78, 5) is 0. The van der Waals surface area contributed by atoms with Crippen LogP contribution < -0.4 is 0 Å². The molecule has 0 spiro atoms. The lowest BCUT2D eigenvalue weighted by Gasteiger charge is -2.20. The van der Waals surface area contributed by atoms with Gasteiger partial charge < -0.3 is 5.11 Å². The van der Waals surface area contributed by atoms with Crippen LogP contribution in [-0.2, 0) is 0 Å². The molecule has 1 aromatic rings. The molecule has 0 unspecified atom stereocenters. The van der Waals surface area contributed by atoms with Gasteiger partial charge >= 0.3 is 0 Å². The van der Waals surface area contributed by atoms with Gasteiger partial charge in [-0.05, 0) is 29.2 Å². The summed E-state index contributed by atoms with van der Waals surface area (Å²) >= 11 is 0. The topological polar surface area (TPSA) is 44.0 Å². The van der Waals surface area contributed by atoms with Crippen molar-refractivity contribution >= 4 is 6.08 Å². The van der Waals surface area contributed by atoms with Crippen LogP contribution in [0.1, 0.15) is 36.0 Å². The first kappa shape index (κ1) is 8.83. The van der Waals surface area contributed by atoms with Gasteiger partial charge in [0.2, 0.25) is 0 Å². The van der Waals surface area contributed by atoms with Gasteiger partial charge in [0.15, 0.2) is 0 Å². The minimum absolute atomic E-state index is 0.295. The lowest BCUT2D eigenvalue weighted by atomic mass is 9.85. The average molecular weight is 185 g/mol. The first-order valence-electron chi connectivity index (χ1n) is 4.65. The molecule has 1 N–H and O–H groups in total. The predicted octanol–water partition coefficient (Wildman–Crippen LogP) is 2.96. The Bertz CT molecular complexity index is 440. The van der Waals surface area contributed by atoms with Crippen molar-refractivity contribution < 1.29 is 5.11 Å². The summed E-state index contributed by atoms with van der Waals surface area (Å²) in [5.41, 5.74) is 2.67. The summed E-state index contributed by atoms with van der Waals surface area (Å²) in [6, 6.07) is 7.83. The summed E-state index contributed by atoms with van der Waals surface area (Å²) in [6.45, 7) is 2.06. The number of rotatable bonds is 0. The van der Waals surface area contributed by atoms with E-state index in [4.69, 9.17) is 5.26 Å². The summed E-state index contributed by atoms with van der Waals surface area (Å²) < 4.78 is 0. The fourth-order valence-electron chi connectivity index (χ4n) is 1.92. The van der Waals surface area contributed by atoms with Crippen molar-refractivity contribution in [2.45, 2.75) is 19.3 Å². The van der Waals surface area contributed by atoms with Crippen LogP contribution in [-0.4, -0.2) is 5.11 Å². The third-order valence-corrected chi connectivity index (χ3v) is 2.62. The second-order valence-corrected chi connectivity index (χ2v) is 3.66. The van der Waals surface area contributed by atoms with Gasteiger partial charge in [-0.1, -0.05) is 19.1 Å². The van der Waals surface area contributed by atoms with E-state index < -0.39 is 0 Å². The van der Waals surface area contributed by atoms with Crippen molar-refractivity contribution in [3.63, 3.8) is 0 Å². The molecule has 2 rings (SSSR count). The van der Waals surface area contributed by atoms with E-state index in [1.165, 1.54) is 0 Å². The Morgan fingerprint density at radius 3 is 3.00 bits per heavy atom. The van der Waals surface area contributed by atoms with Crippen LogP contribution in [0.4, 0.5) is 0 Å². The third-order valence-electron chi connectivity index (χ3n) is 2.62. The molecule has 1 aliphatic rings. The van der Waals surface area contributed by atoms with E-state index in [1.54, 1.807) is 12.1 Å². The third kappa shape index (κ3) is 1.27. The molecule has 0 aromatic heterocycles. The fraction of sp³-hybridized carbons (Fsp3) is 0.250. The van der Waals surface area contributed by atoms with Gasteiger partial charge in [-0.3, -0.25) is 0 Å². The highest BCUT2D eigenvalue weighted by molar-refractivity contribution is 5.65. The van der Waals surface area contributed by atoms with Crippen molar-refractivity contribution in [2.75, 3.05) is 0 Å². The SMILES string of the molecule is C[C@@H]1CC(O)=Cc2c(C#N)cccc21. The number of hydrogen-bond donors (Lipinski definition) is 1. The summed E-state index contributed by atoms with van der Waals surface area (Å²) in [6.07, 6.45) is 2.37. The molecule has 0 radical (unpaired) electrons. The molecule has 0 saturated heterocycles. The fourth-order valence-corrected chi connectivity index (χ4v) is 1.92. The second kappa shape index (κ2) is 3.19. The maximum Gasteiger partial charge on any atom is 0.0998 e.